The van der Waals surface area contributed by atoms with Crippen LogP contribution in [-0.2, 0) is 4.79 Å². The van der Waals surface area contributed by atoms with Crippen molar-refractivity contribution in [1.82, 2.24) is 10.6 Å². The Morgan fingerprint density at radius 3 is 2.37 bits per heavy atom. The molecule has 2 saturated carbocycles. The van der Waals surface area contributed by atoms with Crippen LogP contribution in [0.2, 0.25) is 0 Å². The number of carbonyl (C=O) groups is 1. The summed E-state index contributed by atoms with van der Waals surface area (Å²) in [6, 6.07) is 0.327. The molecule has 110 valence electrons. The SMILES string of the molecule is CC(C)C(N)C(=O)NC1CCCCC1NCC1CC1. The Morgan fingerprint density at radius 1 is 1.16 bits per heavy atom. The molecule has 2 rings (SSSR count). The summed E-state index contributed by atoms with van der Waals surface area (Å²) in [5, 5.41) is 6.82. The Labute approximate surface area is 116 Å². The van der Waals surface area contributed by atoms with Gasteiger partial charge in [0.25, 0.3) is 0 Å². The number of amides is 1. The minimum Gasteiger partial charge on any atom is -0.350 e. The van der Waals surface area contributed by atoms with Crippen LogP contribution in [0.1, 0.15) is 52.4 Å². The van der Waals surface area contributed by atoms with Gasteiger partial charge in [0, 0.05) is 12.1 Å². The fourth-order valence-electron chi connectivity index (χ4n) is 2.77. The molecule has 0 saturated heterocycles. The van der Waals surface area contributed by atoms with Gasteiger partial charge in [-0.15, -0.1) is 0 Å². The molecular formula is C15H29N3O. The van der Waals surface area contributed by atoms with Crippen molar-refractivity contribution in [2.45, 2.75) is 70.5 Å². The molecule has 0 radical (unpaired) electrons. The van der Waals surface area contributed by atoms with Crippen LogP contribution in [0.25, 0.3) is 0 Å². The second-order valence-corrected chi connectivity index (χ2v) is 6.63. The van der Waals surface area contributed by atoms with Crippen LogP contribution in [-0.4, -0.2) is 30.6 Å². The van der Waals surface area contributed by atoms with Gasteiger partial charge >= 0.3 is 0 Å². The Bertz CT molecular complexity index is 302. The number of carbonyl (C=O) groups excluding carboxylic acids is 1. The van der Waals surface area contributed by atoms with E-state index in [2.05, 4.69) is 10.6 Å². The number of nitrogens with two attached hydrogens (primary N) is 1. The van der Waals surface area contributed by atoms with Crippen molar-refractivity contribution < 1.29 is 4.79 Å². The second-order valence-electron chi connectivity index (χ2n) is 6.63. The molecule has 0 bridgehead atoms. The quantitative estimate of drug-likeness (QED) is 0.681. The van der Waals surface area contributed by atoms with Crippen molar-refractivity contribution >= 4 is 5.91 Å². The zero-order chi connectivity index (χ0) is 13.8. The van der Waals surface area contributed by atoms with Gasteiger partial charge in [-0.3, -0.25) is 4.79 Å². The minimum absolute atomic E-state index is 0.0140. The zero-order valence-electron chi connectivity index (χ0n) is 12.3. The highest BCUT2D eigenvalue weighted by atomic mass is 16.2. The van der Waals surface area contributed by atoms with E-state index >= 15 is 0 Å². The summed E-state index contributed by atoms with van der Waals surface area (Å²) in [5.41, 5.74) is 5.92. The minimum atomic E-state index is -0.383. The fraction of sp³-hybridized carbons (Fsp3) is 0.933. The zero-order valence-corrected chi connectivity index (χ0v) is 12.3. The molecule has 2 aliphatic carbocycles. The summed E-state index contributed by atoms with van der Waals surface area (Å²) in [7, 11) is 0. The smallest absolute Gasteiger partial charge is 0.237 e. The van der Waals surface area contributed by atoms with Crippen LogP contribution in [0.3, 0.4) is 0 Å². The van der Waals surface area contributed by atoms with E-state index in [9.17, 15) is 4.79 Å². The van der Waals surface area contributed by atoms with Gasteiger partial charge in [0.1, 0.15) is 0 Å². The Kier molecular flexibility index (Phi) is 5.22. The molecule has 2 fully saturated rings. The normalized spacial score (nSPS) is 29.3. The molecule has 4 heteroatoms. The van der Waals surface area contributed by atoms with Crippen LogP contribution in [0.5, 0.6) is 0 Å². The molecule has 0 spiro atoms. The number of nitrogens with one attached hydrogen (secondary N) is 2. The van der Waals surface area contributed by atoms with Crippen LogP contribution < -0.4 is 16.4 Å². The lowest BCUT2D eigenvalue weighted by molar-refractivity contribution is -0.124. The van der Waals surface area contributed by atoms with Crippen molar-refractivity contribution in [3.63, 3.8) is 0 Å². The first kappa shape index (κ1) is 14.8. The molecule has 0 aromatic rings. The van der Waals surface area contributed by atoms with Crippen LogP contribution in [0.15, 0.2) is 0 Å². The van der Waals surface area contributed by atoms with Crippen molar-refractivity contribution in [1.29, 1.82) is 0 Å². The lowest BCUT2D eigenvalue weighted by Crippen LogP contribution is -2.56. The topological polar surface area (TPSA) is 67.2 Å². The Balaban J connectivity index is 1.81. The molecule has 4 nitrogen and oxygen atoms in total. The molecule has 0 heterocycles. The molecule has 2 aliphatic rings. The third kappa shape index (κ3) is 4.46. The molecule has 4 N–H and O–H groups in total. The van der Waals surface area contributed by atoms with Gasteiger partial charge in [-0.2, -0.15) is 0 Å². The second kappa shape index (κ2) is 6.71. The van der Waals surface area contributed by atoms with Gasteiger partial charge in [-0.1, -0.05) is 26.7 Å². The predicted octanol–water partition coefficient (Wildman–Crippen LogP) is 1.40. The van der Waals surface area contributed by atoms with Gasteiger partial charge in [0.2, 0.25) is 5.91 Å². The monoisotopic (exact) mass is 267 g/mol. The lowest BCUT2D eigenvalue weighted by atomic mass is 9.89. The van der Waals surface area contributed by atoms with Crippen LogP contribution in [0.4, 0.5) is 0 Å². The van der Waals surface area contributed by atoms with Gasteiger partial charge in [0.15, 0.2) is 0 Å². The van der Waals surface area contributed by atoms with Gasteiger partial charge in [0.05, 0.1) is 6.04 Å². The van der Waals surface area contributed by atoms with Crippen molar-refractivity contribution in [3.05, 3.63) is 0 Å². The van der Waals surface area contributed by atoms with E-state index in [0.29, 0.717) is 6.04 Å². The molecule has 19 heavy (non-hydrogen) atoms. The summed E-state index contributed by atoms with van der Waals surface area (Å²) in [6.07, 6.45) is 7.48. The van der Waals surface area contributed by atoms with Crippen LogP contribution in [0, 0.1) is 11.8 Å². The largest absolute Gasteiger partial charge is 0.350 e. The predicted molar refractivity (Wildman–Crippen MR) is 77.7 cm³/mol. The Morgan fingerprint density at radius 2 is 1.79 bits per heavy atom. The standard InChI is InChI=1S/C15H29N3O/c1-10(2)14(16)15(19)18-13-6-4-3-5-12(13)17-9-11-7-8-11/h10-14,17H,3-9,16H2,1-2H3,(H,18,19). The number of hydrogen-bond acceptors (Lipinski definition) is 3. The number of rotatable bonds is 6. The molecule has 0 aliphatic heterocycles. The molecular weight excluding hydrogens is 238 g/mol. The van der Waals surface area contributed by atoms with E-state index in [1.54, 1.807) is 0 Å². The van der Waals surface area contributed by atoms with E-state index in [-0.39, 0.29) is 23.9 Å². The maximum atomic E-state index is 12.1. The summed E-state index contributed by atoms with van der Waals surface area (Å²) in [5.74, 6) is 1.10. The summed E-state index contributed by atoms with van der Waals surface area (Å²) >= 11 is 0. The van der Waals surface area contributed by atoms with E-state index in [1.807, 2.05) is 13.8 Å². The highest BCUT2D eigenvalue weighted by Gasteiger charge is 2.30. The fourth-order valence-corrected chi connectivity index (χ4v) is 2.77. The van der Waals surface area contributed by atoms with Crippen molar-refractivity contribution in [2.24, 2.45) is 17.6 Å². The number of hydrogen-bond donors (Lipinski definition) is 3. The van der Waals surface area contributed by atoms with Crippen molar-refractivity contribution in [3.8, 4) is 0 Å². The van der Waals surface area contributed by atoms with E-state index in [1.165, 1.54) is 32.1 Å². The Hall–Kier alpha value is -0.610. The highest BCUT2D eigenvalue weighted by molar-refractivity contribution is 5.82. The van der Waals surface area contributed by atoms with E-state index < -0.39 is 0 Å². The average molecular weight is 267 g/mol. The molecule has 3 atom stereocenters. The molecule has 3 unspecified atom stereocenters. The van der Waals surface area contributed by atoms with Crippen LogP contribution >= 0.6 is 0 Å². The first-order valence-corrected chi connectivity index (χ1v) is 7.87. The van der Waals surface area contributed by atoms with Gasteiger partial charge in [-0.25, -0.2) is 0 Å². The summed E-state index contributed by atoms with van der Waals surface area (Å²) in [4.78, 5) is 12.1. The molecule has 1 amide bonds. The first-order valence-electron chi connectivity index (χ1n) is 7.87. The van der Waals surface area contributed by atoms with E-state index in [4.69, 9.17) is 5.73 Å². The highest BCUT2D eigenvalue weighted by Crippen LogP contribution is 2.28. The molecule has 0 aromatic carbocycles. The first-order chi connectivity index (χ1) is 9.08. The summed E-state index contributed by atoms with van der Waals surface area (Å²) < 4.78 is 0. The summed E-state index contributed by atoms with van der Waals surface area (Å²) in [6.45, 7) is 5.11. The van der Waals surface area contributed by atoms with Gasteiger partial charge < -0.3 is 16.4 Å². The van der Waals surface area contributed by atoms with Crippen molar-refractivity contribution in [2.75, 3.05) is 6.54 Å². The lowest BCUT2D eigenvalue weighted by Gasteiger charge is -2.34. The third-order valence-corrected chi connectivity index (χ3v) is 4.48. The maximum absolute atomic E-state index is 12.1. The average Bonchev–Trinajstić information content (AvgIpc) is 3.20. The third-order valence-electron chi connectivity index (χ3n) is 4.48. The molecule has 0 aromatic heterocycles. The maximum Gasteiger partial charge on any atom is 0.237 e. The van der Waals surface area contributed by atoms with Gasteiger partial charge in [-0.05, 0) is 44.1 Å². The van der Waals surface area contributed by atoms with E-state index in [0.717, 1.165) is 18.9 Å².